The molecule has 13 nitrogen and oxygen atoms in total. The average molecular weight is 809 g/mol. The number of hydrogen-bond acceptors (Lipinski definition) is 13. The highest BCUT2D eigenvalue weighted by Gasteiger charge is 2.39. The third-order valence-electron chi connectivity index (χ3n) is 8.47. The van der Waals surface area contributed by atoms with Gasteiger partial charge in [0.2, 0.25) is 6.29 Å². The van der Waals surface area contributed by atoms with Crippen molar-refractivity contribution in [1.82, 2.24) is 0 Å². The summed E-state index contributed by atoms with van der Waals surface area (Å²) >= 11 is 0. The monoisotopic (exact) mass is 808 g/mol. The van der Waals surface area contributed by atoms with Gasteiger partial charge in [-0.05, 0) is 56.2 Å². The Morgan fingerprint density at radius 3 is 2.12 bits per heavy atom. The number of halogens is 3. The minimum absolute atomic E-state index is 0.0302. The van der Waals surface area contributed by atoms with Gasteiger partial charge in [-0.2, -0.15) is 13.2 Å². The van der Waals surface area contributed by atoms with Crippen LogP contribution in [0.25, 0.3) is 0 Å². The van der Waals surface area contributed by atoms with Crippen molar-refractivity contribution in [2.24, 2.45) is 11.8 Å². The second-order valence-corrected chi connectivity index (χ2v) is 13.1. The molecule has 0 amide bonds. The van der Waals surface area contributed by atoms with Gasteiger partial charge in [0.25, 0.3) is 0 Å². The molecule has 0 radical (unpaired) electrons. The summed E-state index contributed by atoms with van der Waals surface area (Å²) in [5.41, 5.74) is -0.882. The molecule has 6 atom stereocenters. The van der Waals surface area contributed by atoms with E-state index in [4.69, 9.17) is 41.3 Å². The van der Waals surface area contributed by atoms with E-state index in [1.54, 1.807) is 18.2 Å². The number of terminal acetylenes is 2. The lowest BCUT2D eigenvalue weighted by Crippen LogP contribution is -2.32. The van der Waals surface area contributed by atoms with Crippen LogP contribution in [0, 0.1) is 36.5 Å². The zero-order valence-corrected chi connectivity index (χ0v) is 31.8. The summed E-state index contributed by atoms with van der Waals surface area (Å²) in [7, 11) is 0. The average Bonchev–Trinajstić information content (AvgIpc) is 3.42. The second-order valence-electron chi connectivity index (χ2n) is 13.1. The number of benzene rings is 1. The Morgan fingerprint density at radius 1 is 0.877 bits per heavy atom. The molecule has 1 aromatic carbocycles. The molecular formula is C41H51F3O13. The smallest absolute Gasteiger partial charge is 0.491 e. The fourth-order valence-electron chi connectivity index (χ4n) is 5.57. The Kier molecular flexibility index (Phi) is 21.9. The van der Waals surface area contributed by atoms with Gasteiger partial charge >= 0.3 is 30.2 Å². The largest absolute Gasteiger partial charge is 0.511 e. The van der Waals surface area contributed by atoms with E-state index < -0.39 is 85.6 Å². The first-order chi connectivity index (χ1) is 27.1. The van der Waals surface area contributed by atoms with Gasteiger partial charge in [0.05, 0.1) is 17.8 Å². The Bertz CT molecular complexity index is 1530. The number of unbranched alkanes of at least 4 members (excludes halogenated alkanes) is 3. The maximum Gasteiger partial charge on any atom is 0.511 e. The summed E-state index contributed by atoms with van der Waals surface area (Å²) < 4.78 is 69.6. The van der Waals surface area contributed by atoms with Gasteiger partial charge in [-0.25, -0.2) is 4.79 Å². The first kappa shape index (κ1) is 48.1. The van der Waals surface area contributed by atoms with E-state index in [9.17, 15) is 47.7 Å². The highest BCUT2D eigenvalue weighted by atomic mass is 19.4. The van der Waals surface area contributed by atoms with E-state index >= 15 is 0 Å². The molecule has 0 bridgehead atoms. The maximum atomic E-state index is 12.9. The van der Waals surface area contributed by atoms with E-state index in [2.05, 4.69) is 11.8 Å². The van der Waals surface area contributed by atoms with Crippen molar-refractivity contribution < 1.29 is 76.1 Å². The van der Waals surface area contributed by atoms with Crippen LogP contribution < -0.4 is 4.74 Å². The van der Waals surface area contributed by atoms with Crippen molar-refractivity contribution in [2.45, 2.75) is 114 Å². The van der Waals surface area contributed by atoms with Gasteiger partial charge in [-0.15, -0.1) is 24.7 Å². The van der Waals surface area contributed by atoms with E-state index in [-0.39, 0.29) is 44.0 Å². The zero-order valence-electron chi connectivity index (χ0n) is 31.8. The molecule has 2 rings (SSSR count). The van der Waals surface area contributed by atoms with Crippen molar-refractivity contribution in [3.63, 3.8) is 0 Å². The summed E-state index contributed by atoms with van der Waals surface area (Å²) in [6.07, 6.45) is 8.51. The van der Waals surface area contributed by atoms with Crippen LogP contribution in [0.15, 0.2) is 48.6 Å². The van der Waals surface area contributed by atoms with E-state index in [1.807, 2.05) is 0 Å². The Labute approximate surface area is 330 Å². The second kappa shape index (κ2) is 26.0. The highest BCUT2D eigenvalue weighted by molar-refractivity contribution is 5.70. The van der Waals surface area contributed by atoms with E-state index in [0.717, 1.165) is 12.1 Å². The number of aliphatic hydroxyl groups excluding tert-OH is 3. The number of carbonyl (C=O) groups excluding carboxylic acids is 4. The van der Waals surface area contributed by atoms with Crippen LogP contribution in [-0.2, 0) is 44.2 Å². The number of alkyl halides is 3. The predicted molar refractivity (Wildman–Crippen MR) is 197 cm³/mol. The molecule has 0 saturated heterocycles. The summed E-state index contributed by atoms with van der Waals surface area (Å²) in [5.74, 6) is 1.98. The fraction of sp³-hybridized carbons (Fsp3) is 0.561. The minimum Gasteiger partial charge on any atom is -0.491 e. The molecule has 314 valence electrons. The standard InChI is InChI=1S/C41H51F3O13/c1-4-6-10-18-37(48)53-26-32(27-54-38(49)19-11-7-5-2)57-40(51)56-28(3)55-39(50)20-13-9-8-12-17-33-34(36(47)24-35(33)46)22-21-30(45)25-52-31-16-14-15-29(23-31)41(42,43)44/h1-2,8,12,14-16,21-23,28,30,32-36,45-47H,6-7,9-11,13,17-20,24-27H2,3H3/b12-8-,22-21+/t28?,30-,33-,34-,35+,36-/m1/s1. The minimum atomic E-state index is -4.54. The van der Waals surface area contributed by atoms with Gasteiger partial charge in [-0.1, -0.05) is 30.4 Å². The third-order valence-corrected chi connectivity index (χ3v) is 8.47. The number of allylic oxidation sites excluding steroid dienone is 2. The van der Waals surface area contributed by atoms with Crippen LogP contribution >= 0.6 is 0 Å². The molecule has 57 heavy (non-hydrogen) atoms. The molecule has 3 N–H and O–H groups in total. The van der Waals surface area contributed by atoms with E-state index in [1.165, 1.54) is 25.1 Å². The summed E-state index contributed by atoms with van der Waals surface area (Å²) in [5, 5.41) is 31.3. The Balaban J connectivity index is 1.76. The molecule has 1 unspecified atom stereocenters. The Hall–Kier alpha value is -5.03. The van der Waals surface area contributed by atoms with Crippen molar-refractivity contribution in [1.29, 1.82) is 0 Å². The topological polar surface area (TPSA) is 184 Å². The molecule has 0 heterocycles. The van der Waals surface area contributed by atoms with Gasteiger partial charge < -0.3 is 43.7 Å². The third kappa shape index (κ3) is 20.1. The molecule has 0 aliphatic heterocycles. The molecule has 0 spiro atoms. The van der Waals surface area contributed by atoms with Crippen molar-refractivity contribution in [3.05, 3.63) is 54.1 Å². The first-order valence-corrected chi connectivity index (χ1v) is 18.5. The van der Waals surface area contributed by atoms with Crippen molar-refractivity contribution in [3.8, 4) is 30.4 Å². The number of carbonyl (C=O) groups is 4. The highest BCUT2D eigenvalue weighted by Crippen LogP contribution is 2.36. The number of hydrogen-bond donors (Lipinski definition) is 3. The zero-order chi connectivity index (χ0) is 42.2. The molecule has 1 aromatic rings. The van der Waals surface area contributed by atoms with Gasteiger partial charge in [0.1, 0.15) is 31.7 Å². The lowest BCUT2D eigenvalue weighted by Gasteiger charge is -2.20. The van der Waals surface area contributed by atoms with Crippen LogP contribution in [0.3, 0.4) is 0 Å². The predicted octanol–water partition coefficient (Wildman–Crippen LogP) is 5.58. The van der Waals surface area contributed by atoms with E-state index in [0.29, 0.717) is 44.9 Å². The van der Waals surface area contributed by atoms with Crippen LogP contribution in [0.2, 0.25) is 0 Å². The van der Waals surface area contributed by atoms with Crippen molar-refractivity contribution >= 4 is 24.1 Å². The molecule has 1 aliphatic rings. The molecule has 1 aliphatic carbocycles. The Morgan fingerprint density at radius 2 is 1.51 bits per heavy atom. The number of aliphatic hydroxyl groups is 3. The number of rotatable bonds is 24. The van der Waals surface area contributed by atoms with Gasteiger partial charge in [0.15, 0.2) is 6.10 Å². The quantitative estimate of drug-likeness (QED) is 0.0294. The lowest BCUT2D eigenvalue weighted by atomic mass is 9.89. The van der Waals surface area contributed by atoms with Crippen LogP contribution in [-0.4, -0.2) is 89.9 Å². The van der Waals surface area contributed by atoms with Gasteiger partial charge in [0, 0.05) is 51.4 Å². The molecule has 1 fully saturated rings. The first-order valence-electron chi connectivity index (χ1n) is 18.5. The molecule has 16 heteroatoms. The normalized spacial score (nSPS) is 19.1. The van der Waals surface area contributed by atoms with Crippen LogP contribution in [0.5, 0.6) is 5.75 Å². The molecule has 1 saturated carbocycles. The van der Waals surface area contributed by atoms with Gasteiger partial charge in [-0.3, -0.25) is 14.4 Å². The van der Waals surface area contributed by atoms with Crippen LogP contribution in [0.4, 0.5) is 18.0 Å². The number of esters is 3. The van der Waals surface area contributed by atoms with Crippen LogP contribution in [0.1, 0.15) is 83.1 Å². The van der Waals surface area contributed by atoms with Crippen molar-refractivity contribution in [2.75, 3.05) is 19.8 Å². The summed E-state index contributed by atoms with van der Waals surface area (Å²) in [6, 6.07) is 4.27. The molecular weight excluding hydrogens is 757 g/mol. The summed E-state index contributed by atoms with van der Waals surface area (Å²) in [4.78, 5) is 48.7. The maximum absolute atomic E-state index is 12.9. The summed E-state index contributed by atoms with van der Waals surface area (Å²) in [6.45, 7) is 0.0931. The number of ether oxygens (including phenoxy) is 6. The SMILES string of the molecule is C#CCCCC(=O)OCC(COC(=O)CCCC#C)OC(=O)OC(C)OC(=O)CCC/C=C\C[C@@H]1[C@@H](/C=C/[C@@H](O)COc2cccc(C(F)(F)F)c2)[C@H](O)C[C@@H]1O. The molecule has 0 aromatic heterocycles. The fourth-order valence-corrected chi connectivity index (χ4v) is 5.57. The lowest BCUT2D eigenvalue weighted by molar-refractivity contribution is -0.172.